The second kappa shape index (κ2) is 8.56. The molecular formula is C20H31N3O2. The molecule has 0 spiro atoms. The van der Waals surface area contributed by atoms with Gasteiger partial charge in [0.05, 0.1) is 6.61 Å². The molecule has 2 amide bonds. The number of likely N-dealkylation sites (tertiary alicyclic amines) is 2. The normalized spacial score (nSPS) is 23.8. The van der Waals surface area contributed by atoms with E-state index in [9.17, 15) is 4.79 Å². The molecule has 0 aliphatic carbocycles. The van der Waals surface area contributed by atoms with Gasteiger partial charge in [-0.05, 0) is 69.8 Å². The van der Waals surface area contributed by atoms with Crippen LogP contribution in [0.1, 0.15) is 31.7 Å². The first-order chi connectivity index (χ1) is 12.2. The number of fused-ring (bicyclic) bond motifs is 1. The summed E-state index contributed by atoms with van der Waals surface area (Å²) in [7, 11) is 2.19. The Morgan fingerprint density at radius 1 is 1.32 bits per heavy atom. The van der Waals surface area contributed by atoms with Gasteiger partial charge in [-0.3, -0.25) is 0 Å². The molecule has 0 aromatic heterocycles. The molecule has 1 N–H and O–H groups in total. The highest BCUT2D eigenvalue weighted by atomic mass is 16.5. The molecule has 0 saturated carbocycles. The molecule has 0 radical (unpaired) electrons. The predicted molar refractivity (Wildman–Crippen MR) is 100 cm³/mol. The topological polar surface area (TPSA) is 44.8 Å². The zero-order valence-corrected chi connectivity index (χ0v) is 15.5. The van der Waals surface area contributed by atoms with Crippen LogP contribution in [-0.4, -0.2) is 61.7 Å². The molecule has 2 heterocycles. The SMILES string of the molecule is CCOc1cccc(CCNC(=O)N2CCC[C@@H]3CN(C)CC[C@@H]32)c1. The number of piperidine rings is 2. The van der Waals surface area contributed by atoms with E-state index in [-0.39, 0.29) is 6.03 Å². The van der Waals surface area contributed by atoms with Crippen LogP contribution < -0.4 is 10.1 Å². The maximum atomic E-state index is 12.7. The molecule has 2 saturated heterocycles. The number of nitrogens with one attached hydrogen (secondary N) is 1. The van der Waals surface area contributed by atoms with Crippen LogP contribution in [0.5, 0.6) is 5.75 Å². The van der Waals surface area contributed by atoms with E-state index < -0.39 is 0 Å². The van der Waals surface area contributed by atoms with Crippen molar-refractivity contribution < 1.29 is 9.53 Å². The van der Waals surface area contributed by atoms with Gasteiger partial charge in [-0.15, -0.1) is 0 Å². The number of benzene rings is 1. The molecule has 2 fully saturated rings. The lowest BCUT2D eigenvalue weighted by Gasteiger charge is -2.46. The van der Waals surface area contributed by atoms with Gasteiger partial charge in [0.2, 0.25) is 0 Å². The second-order valence-corrected chi connectivity index (χ2v) is 7.28. The Bertz CT molecular complexity index is 578. The summed E-state index contributed by atoms with van der Waals surface area (Å²) in [5, 5.41) is 3.13. The third kappa shape index (κ3) is 4.66. The number of nitrogens with zero attached hydrogens (tertiary/aromatic N) is 2. The van der Waals surface area contributed by atoms with E-state index in [0.29, 0.717) is 25.1 Å². The lowest BCUT2D eigenvalue weighted by molar-refractivity contribution is 0.0534. The highest BCUT2D eigenvalue weighted by molar-refractivity contribution is 5.74. The minimum atomic E-state index is 0.111. The van der Waals surface area contributed by atoms with Crippen molar-refractivity contribution in [2.24, 2.45) is 5.92 Å². The zero-order valence-electron chi connectivity index (χ0n) is 15.5. The number of urea groups is 1. The van der Waals surface area contributed by atoms with Crippen LogP contribution in [0.2, 0.25) is 0 Å². The largest absolute Gasteiger partial charge is 0.494 e. The standard InChI is InChI=1S/C20H31N3O2/c1-3-25-18-8-4-6-16(14-18)9-11-21-20(24)23-12-5-7-17-15-22(2)13-10-19(17)23/h4,6,8,14,17,19H,3,5,7,9-13,15H2,1-2H3,(H,21,24)/t17-,19+/m1/s1. The van der Waals surface area contributed by atoms with Gasteiger partial charge in [-0.2, -0.15) is 0 Å². The summed E-state index contributed by atoms with van der Waals surface area (Å²) < 4.78 is 5.54. The fourth-order valence-electron chi connectivity index (χ4n) is 4.21. The van der Waals surface area contributed by atoms with Gasteiger partial charge in [0.15, 0.2) is 0 Å². The lowest BCUT2D eigenvalue weighted by atomic mass is 9.84. The van der Waals surface area contributed by atoms with E-state index in [1.807, 2.05) is 19.1 Å². The van der Waals surface area contributed by atoms with E-state index in [0.717, 1.165) is 44.6 Å². The molecule has 0 unspecified atom stereocenters. The number of rotatable bonds is 5. The van der Waals surface area contributed by atoms with Crippen molar-refractivity contribution in [2.45, 2.75) is 38.6 Å². The van der Waals surface area contributed by atoms with Crippen molar-refractivity contribution in [3.63, 3.8) is 0 Å². The quantitative estimate of drug-likeness (QED) is 0.892. The minimum Gasteiger partial charge on any atom is -0.494 e. The van der Waals surface area contributed by atoms with Crippen LogP contribution in [0.4, 0.5) is 4.79 Å². The molecule has 2 atom stereocenters. The fraction of sp³-hybridized carbons (Fsp3) is 0.650. The summed E-state index contributed by atoms with van der Waals surface area (Å²) in [6, 6.07) is 8.66. The maximum Gasteiger partial charge on any atom is 0.317 e. The number of ether oxygens (including phenoxy) is 1. The highest BCUT2D eigenvalue weighted by Gasteiger charge is 2.37. The Hall–Kier alpha value is -1.75. The molecule has 5 heteroatoms. The lowest BCUT2D eigenvalue weighted by Crippen LogP contribution is -2.57. The molecule has 1 aromatic rings. The van der Waals surface area contributed by atoms with Gasteiger partial charge in [0.1, 0.15) is 5.75 Å². The zero-order chi connectivity index (χ0) is 17.6. The average Bonchev–Trinajstić information content (AvgIpc) is 2.61. The molecule has 0 bridgehead atoms. The Morgan fingerprint density at radius 2 is 2.20 bits per heavy atom. The number of amides is 2. The molecule has 2 aliphatic heterocycles. The summed E-state index contributed by atoms with van der Waals surface area (Å²) >= 11 is 0. The first-order valence-corrected chi connectivity index (χ1v) is 9.62. The van der Waals surface area contributed by atoms with Crippen LogP contribution in [0.3, 0.4) is 0 Å². The van der Waals surface area contributed by atoms with Crippen molar-refractivity contribution in [3.8, 4) is 5.75 Å². The van der Waals surface area contributed by atoms with Crippen LogP contribution in [0.15, 0.2) is 24.3 Å². The van der Waals surface area contributed by atoms with Crippen LogP contribution in [0.25, 0.3) is 0 Å². The Kier molecular flexibility index (Phi) is 6.19. The number of carbonyl (C=O) groups excluding carboxylic acids is 1. The summed E-state index contributed by atoms with van der Waals surface area (Å²) in [5.41, 5.74) is 1.20. The van der Waals surface area contributed by atoms with Gasteiger partial charge >= 0.3 is 6.03 Å². The summed E-state index contributed by atoms with van der Waals surface area (Å²) in [6.45, 7) is 6.45. The second-order valence-electron chi connectivity index (χ2n) is 7.28. The van der Waals surface area contributed by atoms with E-state index >= 15 is 0 Å². The third-order valence-corrected chi connectivity index (χ3v) is 5.43. The molecule has 25 heavy (non-hydrogen) atoms. The molecular weight excluding hydrogens is 314 g/mol. The van der Waals surface area contributed by atoms with Crippen molar-refractivity contribution >= 4 is 6.03 Å². The number of hydrogen-bond donors (Lipinski definition) is 1. The van der Waals surface area contributed by atoms with Crippen LogP contribution >= 0.6 is 0 Å². The summed E-state index contributed by atoms with van der Waals surface area (Å²) in [5.74, 6) is 1.54. The highest BCUT2D eigenvalue weighted by Crippen LogP contribution is 2.30. The summed E-state index contributed by atoms with van der Waals surface area (Å²) in [4.78, 5) is 17.2. The molecule has 5 nitrogen and oxygen atoms in total. The van der Waals surface area contributed by atoms with E-state index in [1.54, 1.807) is 0 Å². The minimum absolute atomic E-state index is 0.111. The van der Waals surface area contributed by atoms with Crippen molar-refractivity contribution in [1.29, 1.82) is 0 Å². The van der Waals surface area contributed by atoms with Crippen molar-refractivity contribution in [2.75, 3.05) is 39.8 Å². The molecule has 138 valence electrons. The molecule has 1 aromatic carbocycles. The number of hydrogen-bond acceptors (Lipinski definition) is 3. The predicted octanol–water partition coefficient (Wildman–Crippen LogP) is 2.75. The Labute approximate surface area is 151 Å². The first kappa shape index (κ1) is 18.1. The van der Waals surface area contributed by atoms with Crippen molar-refractivity contribution in [1.82, 2.24) is 15.1 Å². The van der Waals surface area contributed by atoms with Crippen LogP contribution in [-0.2, 0) is 6.42 Å². The number of carbonyl (C=O) groups is 1. The third-order valence-electron chi connectivity index (χ3n) is 5.43. The van der Waals surface area contributed by atoms with Crippen LogP contribution in [0, 0.1) is 5.92 Å². The van der Waals surface area contributed by atoms with E-state index in [2.05, 4.69) is 34.3 Å². The monoisotopic (exact) mass is 345 g/mol. The van der Waals surface area contributed by atoms with E-state index in [4.69, 9.17) is 4.74 Å². The van der Waals surface area contributed by atoms with Gasteiger partial charge in [0.25, 0.3) is 0 Å². The first-order valence-electron chi connectivity index (χ1n) is 9.62. The molecule has 2 aliphatic rings. The fourth-order valence-corrected chi connectivity index (χ4v) is 4.21. The average molecular weight is 345 g/mol. The van der Waals surface area contributed by atoms with Gasteiger partial charge in [0, 0.05) is 25.7 Å². The Morgan fingerprint density at radius 3 is 3.04 bits per heavy atom. The van der Waals surface area contributed by atoms with Crippen molar-refractivity contribution in [3.05, 3.63) is 29.8 Å². The summed E-state index contributed by atoms with van der Waals surface area (Å²) in [6.07, 6.45) is 4.31. The van der Waals surface area contributed by atoms with Gasteiger partial charge < -0.3 is 19.9 Å². The smallest absolute Gasteiger partial charge is 0.317 e. The molecule has 3 rings (SSSR count). The van der Waals surface area contributed by atoms with E-state index in [1.165, 1.54) is 12.0 Å². The Balaban J connectivity index is 1.49. The maximum absolute atomic E-state index is 12.7. The van der Waals surface area contributed by atoms with Gasteiger partial charge in [-0.25, -0.2) is 4.79 Å². The van der Waals surface area contributed by atoms with Gasteiger partial charge in [-0.1, -0.05) is 12.1 Å².